The van der Waals surface area contributed by atoms with E-state index in [2.05, 4.69) is 24.9 Å². The zero-order valence-electron chi connectivity index (χ0n) is 10.7. The number of pyridine rings is 1. The SMILES string of the molecule is O=S(=O)(NCCc1ncn[nH]1)c1c(Cl)nc2ccccn12. The van der Waals surface area contributed by atoms with Gasteiger partial charge < -0.3 is 0 Å². The van der Waals surface area contributed by atoms with E-state index < -0.39 is 10.0 Å². The van der Waals surface area contributed by atoms with Crippen molar-refractivity contribution in [1.82, 2.24) is 29.3 Å². The molecule has 3 rings (SSSR count). The highest BCUT2D eigenvalue weighted by Gasteiger charge is 2.23. The number of nitrogens with one attached hydrogen (secondary N) is 2. The average molecular weight is 327 g/mol. The van der Waals surface area contributed by atoms with Crippen LogP contribution in [0.1, 0.15) is 5.82 Å². The maximum Gasteiger partial charge on any atom is 0.259 e. The summed E-state index contributed by atoms with van der Waals surface area (Å²) in [7, 11) is -3.77. The Morgan fingerprint density at radius 3 is 3.00 bits per heavy atom. The normalized spacial score (nSPS) is 12.0. The van der Waals surface area contributed by atoms with Crippen LogP contribution in [0.2, 0.25) is 5.15 Å². The van der Waals surface area contributed by atoms with E-state index in [1.54, 1.807) is 24.4 Å². The van der Waals surface area contributed by atoms with Crippen molar-refractivity contribution in [2.24, 2.45) is 0 Å². The zero-order valence-corrected chi connectivity index (χ0v) is 12.3. The minimum atomic E-state index is -3.77. The lowest BCUT2D eigenvalue weighted by Crippen LogP contribution is -2.27. The smallest absolute Gasteiger partial charge is 0.259 e. The Bertz CT molecular complexity index is 858. The van der Waals surface area contributed by atoms with Crippen molar-refractivity contribution >= 4 is 27.3 Å². The highest BCUT2D eigenvalue weighted by Crippen LogP contribution is 2.22. The van der Waals surface area contributed by atoms with E-state index in [1.807, 2.05) is 0 Å². The lowest BCUT2D eigenvalue weighted by atomic mass is 10.4. The van der Waals surface area contributed by atoms with Crippen molar-refractivity contribution in [3.63, 3.8) is 0 Å². The van der Waals surface area contributed by atoms with Crippen LogP contribution in [0.5, 0.6) is 0 Å². The Labute approximate surface area is 125 Å². The summed E-state index contributed by atoms with van der Waals surface area (Å²) in [5.74, 6) is 0.599. The molecule has 0 aromatic carbocycles. The molecule has 3 aromatic heterocycles. The maximum atomic E-state index is 12.4. The van der Waals surface area contributed by atoms with Crippen LogP contribution in [0.25, 0.3) is 5.65 Å². The second-order valence-corrected chi connectivity index (χ2v) is 6.26. The zero-order chi connectivity index (χ0) is 14.9. The van der Waals surface area contributed by atoms with Crippen LogP contribution in [0.3, 0.4) is 0 Å². The molecule has 110 valence electrons. The predicted molar refractivity (Wildman–Crippen MR) is 75.5 cm³/mol. The van der Waals surface area contributed by atoms with Crippen LogP contribution in [0.4, 0.5) is 0 Å². The molecule has 0 bridgehead atoms. The number of hydrogen-bond donors (Lipinski definition) is 2. The number of halogens is 1. The molecule has 0 radical (unpaired) electrons. The second kappa shape index (κ2) is 5.43. The van der Waals surface area contributed by atoms with Crippen molar-refractivity contribution in [2.75, 3.05) is 6.54 Å². The molecule has 8 nitrogen and oxygen atoms in total. The second-order valence-electron chi connectivity index (χ2n) is 4.22. The third kappa shape index (κ3) is 2.75. The van der Waals surface area contributed by atoms with E-state index in [1.165, 1.54) is 10.7 Å². The maximum absolute atomic E-state index is 12.4. The van der Waals surface area contributed by atoms with E-state index in [0.717, 1.165) is 0 Å². The van der Waals surface area contributed by atoms with Crippen molar-refractivity contribution in [3.05, 3.63) is 41.7 Å². The third-order valence-corrected chi connectivity index (χ3v) is 4.68. The van der Waals surface area contributed by atoms with Crippen LogP contribution < -0.4 is 4.72 Å². The van der Waals surface area contributed by atoms with Gasteiger partial charge in [-0.2, -0.15) is 5.10 Å². The summed E-state index contributed by atoms with van der Waals surface area (Å²) in [6, 6.07) is 5.14. The van der Waals surface area contributed by atoms with Crippen molar-refractivity contribution < 1.29 is 8.42 Å². The fraction of sp³-hybridized carbons (Fsp3) is 0.182. The molecule has 0 aliphatic heterocycles. The number of H-pyrrole nitrogens is 1. The molecule has 0 aliphatic rings. The minimum absolute atomic E-state index is 0.0617. The Kier molecular flexibility index (Phi) is 3.62. The number of rotatable bonds is 5. The quantitative estimate of drug-likeness (QED) is 0.715. The first-order valence-corrected chi connectivity index (χ1v) is 7.90. The van der Waals surface area contributed by atoms with Gasteiger partial charge in [-0.3, -0.25) is 9.50 Å². The van der Waals surface area contributed by atoms with Gasteiger partial charge >= 0.3 is 0 Å². The van der Waals surface area contributed by atoms with Crippen molar-refractivity contribution in [1.29, 1.82) is 0 Å². The van der Waals surface area contributed by atoms with Gasteiger partial charge in [0.15, 0.2) is 10.2 Å². The molecule has 0 amide bonds. The Balaban J connectivity index is 1.84. The Morgan fingerprint density at radius 1 is 1.38 bits per heavy atom. The fourth-order valence-electron chi connectivity index (χ4n) is 1.91. The lowest BCUT2D eigenvalue weighted by Gasteiger charge is -2.06. The van der Waals surface area contributed by atoms with Gasteiger partial charge in [-0.25, -0.2) is 23.1 Å². The molecule has 10 heteroatoms. The van der Waals surface area contributed by atoms with E-state index in [0.29, 0.717) is 17.9 Å². The summed E-state index contributed by atoms with van der Waals surface area (Å²) in [5.41, 5.74) is 0.470. The van der Waals surface area contributed by atoms with Crippen molar-refractivity contribution in [2.45, 2.75) is 11.4 Å². The first kappa shape index (κ1) is 14.0. The topological polar surface area (TPSA) is 105 Å². The molecular formula is C11H11ClN6O2S. The summed E-state index contributed by atoms with van der Waals surface area (Å²) in [4.78, 5) is 7.94. The lowest BCUT2D eigenvalue weighted by molar-refractivity contribution is 0.576. The average Bonchev–Trinajstić information content (AvgIpc) is 3.04. The summed E-state index contributed by atoms with van der Waals surface area (Å²) in [6.07, 6.45) is 3.36. The number of aromatic nitrogens is 5. The van der Waals surface area contributed by atoms with Gasteiger partial charge in [-0.15, -0.1) is 0 Å². The molecule has 0 saturated heterocycles. The molecule has 0 aliphatic carbocycles. The molecule has 3 heterocycles. The monoisotopic (exact) mass is 326 g/mol. The van der Waals surface area contributed by atoms with Gasteiger partial charge in [0.25, 0.3) is 10.0 Å². The van der Waals surface area contributed by atoms with Crippen LogP contribution >= 0.6 is 11.6 Å². The number of aromatic amines is 1. The van der Waals surface area contributed by atoms with Crippen LogP contribution in [0.15, 0.2) is 35.7 Å². The van der Waals surface area contributed by atoms with E-state index in [4.69, 9.17) is 11.6 Å². The molecule has 0 fully saturated rings. The summed E-state index contributed by atoms with van der Waals surface area (Å²) in [6.45, 7) is 0.175. The molecule has 0 saturated carbocycles. The summed E-state index contributed by atoms with van der Waals surface area (Å²) in [5, 5.41) is 6.22. The number of hydrogen-bond acceptors (Lipinski definition) is 5. The van der Waals surface area contributed by atoms with Gasteiger partial charge in [-0.1, -0.05) is 17.7 Å². The van der Waals surface area contributed by atoms with E-state index >= 15 is 0 Å². The first-order valence-electron chi connectivity index (χ1n) is 6.04. The molecular weight excluding hydrogens is 316 g/mol. The number of fused-ring (bicyclic) bond motifs is 1. The summed E-state index contributed by atoms with van der Waals surface area (Å²) < 4.78 is 28.6. The third-order valence-electron chi connectivity index (χ3n) is 2.82. The number of sulfonamides is 1. The van der Waals surface area contributed by atoms with Crippen LogP contribution in [0, 0.1) is 0 Å². The molecule has 21 heavy (non-hydrogen) atoms. The van der Waals surface area contributed by atoms with Gasteiger partial charge in [0, 0.05) is 19.2 Å². The Hall–Kier alpha value is -1.97. The summed E-state index contributed by atoms with van der Waals surface area (Å²) >= 11 is 5.95. The molecule has 0 atom stereocenters. The van der Waals surface area contributed by atoms with Gasteiger partial charge in [-0.05, 0) is 12.1 Å². The van der Waals surface area contributed by atoms with E-state index in [9.17, 15) is 8.42 Å². The van der Waals surface area contributed by atoms with Gasteiger partial charge in [0.2, 0.25) is 0 Å². The van der Waals surface area contributed by atoms with Crippen LogP contribution in [-0.2, 0) is 16.4 Å². The Morgan fingerprint density at radius 2 is 2.24 bits per heavy atom. The molecule has 0 spiro atoms. The highest BCUT2D eigenvalue weighted by atomic mass is 35.5. The fourth-order valence-corrected chi connectivity index (χ4v) is 3.58. The van der Waals surface area contributed by atoms with E-state index in [-0.39, 0.29) is 16.7 Å². The number of imidazole rings is 1. The minimum Gasteiger partial charge on any atom is -0.288 e. The highest BCUT2D eigenvalue weighted by molar-refractivity contribution is 7.89. The molecule has 0 unspecified atom stereocenters. The molecule has 3 aromatic rings. The standard InChI is InChI=1S/C11H11ClN6O2S/c12-10-11(18-6-2-1-3-9(18)16-10)21(19,20)15-5-4-8-13-7-14-17-8/h1-3,6-7,15H,4-5H2,(H,13,14,17). The van der Waals surface area contributed by atoms with Crippen LogP contribution in [-0.4, -0.2) is 39.5 Å². The van der Waals surface area contributed by atoms with Gasteiger partial charge in [0.1, 0.15) is 17.8 Å². The predicted octanol–water partition coefficient (Wildman–Crippen LogP) is 0.627. The molecule has 2 N–H and O–H groups in total. The first-order chi connectivity index (χ1) is 10.1. The van der Waals surface area contributed by atoms with Gasteiger partial charge in [0.05, 0.1) is 0 Å². The largest absolute Gasteiger partial charge is 0.288 e. The van der Waals surface area contributed by atoms with Crippen molar-refractivity contribution in [3.8, 4) is 0 Å². The number of nitrogens with zero attached hydrogens (tertiary/aromatic N) is 4.